The summed E-state index contributed by atoms with van der Waals surface area (Å²) in [5.74, 6) is -0.680. The average molecular weight is 523 g/mol. The van der Waals surface area contributed by atoms with Gasteiger partial charge in [-0.05, 0) is 12.8 Å². The maximum absolute atomic E-state index is 11.2. The molecule has 1 unspecified atom stereocenters. The van der Waals surface area contributed by atoms with E-state index in [1.807, 2.05) is 0 Å². The lowest BCUT2D eigenvalue weighted by Gasteiger charge is -2.24. The maximum atomic E-state index is 11.2. The molecule has 0 spiro atoms. The van der Waals surface area contributed by atoms with E-state index < -0.39 is 43.6 Å². The zero-order chi connectivity index (χ0) is 27.6. The summed E-state index contributed by atoms with van der Waals surface area (Å²) in [6, 6.07) is 0. The normalized spacial score (nSPS) is 15.4. The first kappa shape index (κ1) is 37.4. The van der Waals surface area contributed by atoms with Crippen LogP contribution < -0.4 is 0 Å². The van der Waals surface area contributed by atoms with Crippen LogP contribution in [0.4, 0.5) is 0 Å². The third-order valence-electron chi connectivity index (χ3n) is 6.67. The molecule has 0 bridgehead atoms. The second-order valence-electron chi connectivity index (χ2n) is 10.0. The number of carbonyl (C=O) groups is 1. The van der Waals surface area contributed by atoms with Gasteiger partial charge in [0.2, 0.25) is 0 Å². The smallest absolute Gasteiger partial charge is 0.306 e. The summed E-state index contributed by atoms with van der Waals surface area (Å²) in [6.45, 7) is 2.95. The summed E-state index contributed by atoms with van der Waals surface area (Å²) in [6.07, 6.45) is 16.5. The van der Waals surface area contributed by atoms with Crippen molar-refractivity contribution in [2.75, 3.05) is 13.2 Å². The Morgan fingerprint density at radius 2 is 0.833 bits per heavy atom. The number of hydrogen-bond donors (Lipinski definition) is 7. The van der Waals surface area contributed by atoms with Crippen molar-refractivity contribution < 1.29 is 40.5 Å². The summed E-state index contributed by atoms with van der Waals surface area (Å²) >= 11 is 0. The molecule has 0 saturated carbocycles. The molecule has 0 aromatic rings. The van der Waals surface area contributed by atoms with Crippen LogP contribution in [-0.2, 0) is 4.79 Å². The highest BCUT2D eigenvalue weighted by Gasteiger charge is 2.29. The number of rotatable bonds is 24. The first-order valence-electron chi connectivity index (χ1n) is 14.4. The van der Waals surface area contributed by atoms with Gasteiger partial charge in [0, 0.05) is 0 Å². The standard InChI is InChI=1S/C22H44O2.C6H14O6/c1-3-5-7-8-9-10-11-12-13-14-15-16-17-18-20-21(22(23)24)19-6-4-2;7-1-3(9)5(11)6(12)4(10)2-8/h21H,3-20H2,1-2H3,(H,23,24);3-12H,1-2H2/t;3-,4+,5-,6-/m.1/s1. The number of aliphatic hydroxyl groups excluding tert-OH is 6. The van der Waals surface area contributed by atoms with Crippen LogP contribution in [0.5, 0.6) is 0 Å². The van der Waals surface area contributed by atoms with Crippen LogP contribution >= 0.6 is 0 Å². The Balaban J connectivity index is 0. The van der Waals surface area contributed by atoms with Gasteiger partial charge >= 0.3 is 5.97 Å². The van der Waals surface area contributed by atoms with Gasteiger partial charge in [0.1, 0.15) is 24.4 Å². The molecule has 218 valence electrons. The van der Waals surface area contributed by atoms with Crippen molar-refractivity contribution in [1.82, 2.24) is 0 Å². The molecule has 0 amide bonds. The lowest BCUT2D eigenvalue weighted by Crippen LogP contribution is -2.46. The number of aliphatic carboxylic acids is 1. The quantitative estimate of drug-likeness (QED) is 0.0931. The Morgan fingerprint density at radius 3 is 1.14 bits per heavy atom. The molecular weight excluding hydrogens is 464 g/mol. The fourth-order valence-corrected chi connectivity index (χ4v) is 4.10. The minimum absolute atomic E-state index is 0.0951. The van der Waals surface area contributed by atoms with Crippen LogP contribution in [0.25, 0.3) is 0 Å². The van der Waals surface area contributed by atoms with Gasteiger partial charge in [-0.25, -0.2) is 0 Å². The molecule has 0 fully saturated rings. The van der Waals surface area contributed by atoms with E-state index in [0.717, 1.165) is 32.1 Å². The third kappa shape index (κ3) is 22.4. The highest BCUT2D eigenvalue weighted by Crippen LogP contribution is 2.18. The molecule has 0 aliphatic heterocycles. The fourth-order valence-electron chi connectivity index (χ4n) is 4.10. The largest absolute Gasteiger partial charge is 0.481 e. The van der Waals surface area contributed by atoms with E-state index in [2.05, 4.69) is 13.8 Å². The highest BCUT2D eigenvalue weighted by atomic mass is 16.4. The molecule has 0 saturated heterocycles. The lowest BCUT2D eigenvalue weighted by atomic mass is 9.95. The van der Waals surface area contributed by atoms with E-state index >= 15 is 0 Å². The lowest BCUT2D eigenvalue weighted by molar-refractivity contribution is -0.142. The second-order valence-corrected chi connectivity index (χ2v) is 10.0. The van der Waals surface area contributed by atoms with Crippen molar-refractivity contribution in [1.29, 1.82) is 0 Å². The van der Waals surface area contributed by atoms with Crippen LogP contribution in [0.15, 0.2) is 0 Å². The van der Waals surface area contributed by atoms with Crippen LogP contribution in [0.3, 0.4) is 0 Å². The van der Waals surface area contributed by atoms with Crippen molar-refractivity contribution in [2.45, 2.75) is 154 Å². The Labute approximate surface area is 219 Å². The Hall–Kier alpha value is -0.770. The van der Waals surface area contributed by atoms with Crippen LogP contribution in [-0.4, -0.2) is 79.3 Å². The third-order valence-corrected chi connectivity index (χ3v) is 6.67. The van der Waals surface area contributed by atoms with E-state index in [0.29, 0.717) is 0 Å². The van der Waals surface area contributed by atoms with Gasteiger partial charge in [-0.1, -0.05) is 117 Å². The van der Waals surface area contributed by atoms with E-state index in [1.165, 1.54) is 83.5 Å². The minimum Gasteiger partial charge on any atom is -0.481 e. The molecule has 8 heteroatoms. The molecule has 0 rings (SSSR count). The van der Waals surface area contributed by atoms with E-state index in [4.69, 9.17) is 30.6 Å². The minimum atomic E-state index is -1.67. The summed E-state index contributed by atoms with van der Waals surface area (Å²) in [7, 11) is 0. The van der Waals surface area contributed by atoms with Gasteiger partial charge < -0.3 is 35.7 Å². The predicted molar refractivity (Wildman–Crippen MR) is 144 cm³/mol. The van der Waals surface area contributed by atoms with Gasteiger partial charge in [0.05, 0.1) is 19.1 Å². The molecule has 0 aliphatic rings. The van der Waals surface area contributed by atoms with E-state index in [-0.39, 0.29) is 5.92 Å². The molecule has 0 aliphatic carbocycles. The first-order chi connectivity index (χ1) is 17.3. The van der Waals surface area contributed by atoms with Crippen molar-refractivity contribution in [2.24, 2.45) is 5.92 Å². The average Bonchev–Trinajstić information content (AvgIpc) is 2.88. The van der Waals surface area contributed by atoms with Crippen molar-refractivity contribution in [3.63, 3.8) is 0 Å². The maximum Gasteiger partial charge on any atom is 0.306 e. The highest BCUT2D eigenvalue weighted by molar-refractivity contribution is 5.69. The Morgan fingerprint density at radius 1 is 0.528 bits per heavy atom. The zero-order valence-electron chi connectivity index (χ0n) is 23.1. The van der Waals surface area contributed by atoms with E-state index in [1.54, 1.807) is 0 Å². The molecule has 36 heavy (non-hydrogen) atoms. The molecule has 5 atom stereocenters. The molecular formula is C28H58O8. The van der Waals surface area contributed by atoms with Crippen LogP contribution in [0, 0.1) is 5.92 Å². The molecule has 7 N–H and O–H groups in total. The van der Waals surface area contributed by atoms with Gasteiger partial charge in [0.25, 0.3) is 0 Å². The van der Waals surface area contributed by atoms with Crippen molar-refractivity contribution >= 4 is 5.97 Å². The predicted octanol–water partition coefficient (Wildman–Crippen LogP) is 4.16. The molecule has 8 nitrogen and oxygen atoms in total. The number of carboxylic acids is 1. The number of aliphatic hydroxyl groups is 6. The summed E-state index contributed by atoms with van der Waals surface area (Å²) in [4.78, 5) is 11.2. The number of hydrogen-bond acceptors (Lipinski definition) is 7. The molecule has 0 heterocycles. The van der Waals surface area contributed by atoms with Crippen molar-refractivity contribution in [3.8, 4) is 0 Å². The summed E-state index contributed by atoms with van der Waals surface area (Å²) in [5.41, 5.74) is 0. The number of unbranched alkanes of at least 4 members (excludes halogenated alkanes) is 14. The van der Waals surface area contributed by atoms with Crippen LogP contribution in [0.2, 0.25) is 0 Å². The van der Waals surface area contributed by atoms with Gasteiger partial charge in [0.15, 0.2) is 0 Å². The van der Waals surface area contributed by atoms with Gasteiger partial charge in [-0.2, -0.15) is 0 Å². The molecule has 0 aromatic carbocycles. The van der Waals surface area contributed by atoms with Gasteiger partial charge in [-0.15, -0.1) is 0 Å². The second kappa shape index (κ2) is 27.3. The monoisotopic (exact) mass is 522 g/mol. The topological polar surface area (TPSA) is 159 Å². The zero-order valence-corrected chi connectivity index (χ0v) is 23.1. The number of carboxylic acid groups (broad SMARTS) is 1. The van der Waals surface area contributed by atoms with Crippen LogP contribution in [0.1, 0.15) is 129 Å². The first-order valence-corrected chi connectivity index (χ1v) is 14.4. The Kier molecular flexibility index (Phi) is 28.3. The molecule has 0 radical (unpaired) electrons. The fraction of sp³-hybridized carbons (Fsp3) is 0.964. The van der Waals surface area contributed by atoms with E-state index in [9.17, 15) is 9.90 Å². The van der Waals surface area contributed by atoms with Crippen molar-refractivity contribution in [3.05, 3.63) is 0 Å². The van der Waals surface area contributed by atoms with Gasteiger partial charge in [-0.3, -0.25) is 4.79 Å². The molecule has 0 aromatic heterocycles. The Bertz CT molecular complexity index is 449. The SMILES string of the molecule is CCCCCCCCCCCCCCCCC(CCCC)C(=O)O.OC[C@@H](O)[C@@H](O)[C@H](O)[C@@H](O)CO. The summed E-state index contributed by atoms with van der Waals surface area (Å²) in [5, 5.41) is 61.4. The summed E-state index contributed by atoms with van der Waals surface area (Å²) < 4.78 is 0.